The van der Waals surface area contributed by atoms with Crippen molar-refractivity contribution in [3.8, 4) is 17.2 Å². The molecule has 2 heterocycles. The number of alkyl halides is 3. The summed E-state index contributed by atoms with van der Waals surface area (Å²) in [5, 5.41) is 7.45. The highest BCUT2D eigenvalue weighted by Crippen LogP contribution is 2.47. The van der Waals surface area contributed by atoms with E-state index in [4.69, 9.17) is 13.9 Å². The molecule has 44 heavy (non-hydrogen) atoms. The van der Waals surface area contributed by atoms with Gasteiger partial charge in [0.15, 0.2) is 17.3 Å². The summed E-state index contributed by atoms with van der Waals surface area (Å²) in [6.45, 7) is -0.157. The van der Waals surface area contributed by atoms with Crippen molar-refractivity contribution in [3.05, 3.63) is 118 Å². The molecule has 15 heteroatoms. The van der Waals surface area contributed by atoms with E-state index in [0.29, 0.717) is 16.2 Å². The van der Waals surface area contributed by atoms with Crippen LogP contribution >= 0.6 is 11.8 Å². The zero-order valence-corrected chi connectivity index (χ0v) is 23.2. The van der Waals surface area contributed by atoms with Crippen molar-refractivity contribution in [1.82, 2.24) is 5.01 Å². The summed E-state index contributed by atoms with van der Waals surface area (Å²) in [4.78, 5) is 35.6. The Kier molecular flexibility index (Phi) is 8.66. The monoisotopic (exact) mass is 629 g/mol. The minimum Gasteiger partial charge on any atom is -0.492 e. The lowest BCUT2D eigenvalue weighted by Gasteiger charge is -2.24. The summed E-state index contributed by atoms with van der Waals surface area (Å²) in [7, 11) is 1.39. The van der Waals surface area contributed by atoms with E-state index < -0.39 is 35.1 Å². The predicted octanol–water partition coefficient (Wildman–Crippen LogP) is 7.06. The molecule has 2 amide bonds. The van der Waals surface area contributed by atoms with E-state index in [9.17, 15) is 32.1 Å². The molecule has 1 unspecified atom stereocenters. The van der Waals surface area contributed by atoms with Crippen LogP contribution in [-0.2, 0) is 6.61 Å². The van der Waals surface area contributed by atoms with Crippen LogP contribution in [-0.4, -0.2) is 35.3 Å². The largest absolute Gasteiger partial charge is 0.573 e. The Morgan fingerprint density at radius 2 is 1.75 bits per heavy atom. The summed E-state index contributed by atoms with van der Waals surface area (Å²) in [5.41, 5.74) is 0.986. The van der Waals surface area contributed by atoms with E-state index in [1.807, 2.05) is 0 Å². The lowest BCUT2D eigenvalue weighted by molar-refractivity contribution is -0.274. The van der Waals surface area contributed by atoms with Crippen LogP contribution in [0.15, 0.2) is 93.6 Å². The Labute approximate surface area is 250 Å². The van der Waals surface area contributed by atoms with E-state index in [0.717, 1.165) is 28.9 Å². The molecule has 226 valence electrons. The van der Waals surface area contributed by atoms with Gasteiger partial charge in [0.2, 0.25) is 0 Å². The second kappa shape index (κ2) is 12.6. The van der Waals surface area contributed by atoms with Gasteiger partial charge in [-0.05, 0) is 66.7 Å². The lowest BCUT2D eigenvalue weighted by atomic mass is 10.1. The number of amides is 2. The molecule has 0 aliphatic carbocycles. The molecule has 0 N–H and O–H groups in total. The highest BCUT2D eigenvalue weighted by atomic mass is 32.2. The fourth-order valence-corrected chi connectivity index (χ4v) is 5.32. The lowest BCUT2D eigenvalue weighted by Crippen LogP contribution is -2.26. The first kappa shape index (κ1) is 30.3. The maximum atomic E-state index is 13.7. The van der Waals surface area contributed by atoms with Crippen molar-refractivity contribution in [1.29, 1.82) is 0 Å². The molecule has 0 saturated carbocycles. The fourth-order valence-electron chi connectivity index (χ4n) is 4.15. The number of hydrogen-bond acceptors (Lipinski definition) is 9. The predicted molar refractivity (Wildman–Crippen MR) is 149 cm³/mol. The van der Waals surface area contributed by atoms with Gasteiger partial charge in [0.1, 0.15) is 34.4 Å². The Hall–Kier alpha value is -5.18. The van der Waals surface area contributed by atoms with Crippen molar-refractivity contribution in [3.63, 3.8) is 0 Å². The van der Waals surface area contributed by atoms with Crippen molar-refractivity contribution >= 4 is 28.6 Å². The zero-order valence-electron chi connectivity index (χ0n) is 22.4. The second-order valence-corrected chi connectivity index (χ2v) is 10.0. The first-order valence-corrected chi connectivity index (χ1v) is 13.4. The molecule has 4 aromatic rings. The summed E-state index contributed by atoms with van der Waals surface area (Å²) in [5.74, 6) is -2.26. The number of carbonyl (C=O) groups excluding carboxylic acids is 2. The maximum Gasteiger partial charge on any atom is 0.573 e. The third-order valence-corrected chi connectivity index (χ3v) is 7.30. The number of para-hydroxylation sites is 1. The molecule has 0 fully saturated rings. The van der Waals surface area contributed by atoms with Gasteiger partial charge in [-0.3, -0.25) is 9.59 Å². The van der Waals surface area contributed by atoms with Gasteiger partial charge in [-0.15, -0.1) is 18.1 Å². The molecule has 3 aromatic carbocycles. The van der Waals surface area contributed by atoms with Crippen molar-refractivity contribution in [2.45, 2.75) is 18.3 Å². The number of benzene rings is 3. The third-order valence-electron chi connectivity index (χ3n) is 6.08. The first-order chi connectivity index (χ1) is 21.1. The summed E-state index contributed by atoms with van der Waals surface area (Å²) in [6.07, 6.45) is -4.90. The number of hydrazone groups is 1. The molecule has 0 bridgehead atoms. The molecule has 0 saturated heterocycles. The topological polar surface area (TPSA) is 120 Å². The Morgan fingerprint density at radius 1 is 1.02 bits per heavy atom. The van der Waals surface area contributed by atoms with Crippen LogP contribution in [0.5, 0.6) is 17.2 Å². The Morgan fingerprint density at radius 3 is 2.41 bits per heavy atom. The average molecular weight is 630 g/mol. The molecule has 1 atom stereocenters. The van der Waals surface area contributed by atoms with Crippen molar-refractivity contribution in [2.24, 2.45) is 10.3 Å². The average Bonchev–Trinajstić information content (AvgIpc) is 3.67. The molecule has 10 nitrogen and oxygen atoms in total. The third kappa shape index (κ3) is 6.72. The number of rotatable bonds is 9. The molecule has 5 rings (SSSR count). The van der Waals surface area contributed by atoms with Gasteiger partial charge >= 0.3 is 12.3 Å². The highest BCUT2D eigenvalue weighted by molar-refractivity contribution is 8.14. The maximum absolute atomic E-state index is 13.7. The van der Waals surface area contributed by atoms with Crippen LogP contribution in [0.2, 0.25) is 0 Å². The summed E-state index contributed by atoms with van der Waals surface area (Å²) in [6, 6.07) is 17.5. The number of furan rings is 1. The van der Waals surface area contributed by atoms with E-state index in [1.165, 1.54) is 55.6 Å². The number of methoxy groups -OCH3 is 1. The van der Waals surface area contributed by atoms with Crippen molar-refractivity contribution < 1.29 is 45.8 Å². The molecule has 0 radical (unpaired) electrons. The van der Waals surface area contributed by atoms with Crippen LogP contribution in [0.4, 0.5) is 17.6 Å². The number of halogens is 4. The van der Waals surface area contributed by atoms with E-state index >= 15 is 0 Å². The fraction of sp³-hybridized carbons (Fsp3) is 0.138. The Balaban J connectivity index is 1.46. The summed E-state index contributed by atoms with van der Waals surface area (Å²) >= 11 is 1.15. The van der Waals surface area contributed by atoms with Crippen molar-refractivity contribution in [2.75, 3.05) is 7.11 Å². The molecule has 1 aromatic heterocycles. The zero-order chi connectivity index (χ0) is 31.4. The van der Waals surface area contributed by atoms with Gasteiger partial charge in [0.05, 0.1) is 7.11 Å². The normalized spacial score (nSPS) is 14.6. The smallest absolute Gasteiger partial charge is 0.492 e. The van der Waals surface area contributed by atoms with Crippen LogP contribution < -0.4 is 14.2 Å². The number of nitroso groups, excluding NO2 is 1. The van der Waals surface area contributed by atoms with Crippen LogP contribution in [0, 0.1) is 10.7 Å². The standard InChI is InChI=1S/C29H19F4N3O7S/c1-40-24-21(3-2-4-22(24)41-15-20-13-14-23(42-20)25(37)35-39)28-36(34-26(44-28)16-5-9-18(30)10-6-16)27(38)17-7-11-19(12-8-17)43-29(31,32)33/h2-14,28H,15H2,1H3. The van der Waals surface area contributed by atoms with Gasteiger partial charge in [0, 0.05) is 21.9 Å². The summed E-state index contributed by atoms with van der Waals surface area (Å²) < 4.78 is 72.2. The molecule has 1 aliphatic heterocycles. The second-order valence-electron chi connectivity index (χ2n) is 8.93. The highest BCUT2D eigenvalue weighted by Gasteiger charge is 2.37. The van der Waals surface area contributed by atoms with Gasteiger partial charge in [-0.1, -0.05) is 23.9 Å². The Bertz CT molecular complexity index is 1720. The van der Waals surface area contributed by atoms with Gasteiger partial charge in [-0.25, -0.2) is 9.40 Å². The molecule has 0 spiro atoms. The van der Waals surface area contributed by atoms with E-state index in [-0.39, 0.29) is 35.2 Å². The van der Waals surface area contributed by atoms with Crippen LogP contribution in [0.25, 0.3) is 0 Å². The minimum atomic E-state index is -4.90. The van der Waals surface area contributed by atoms with Crippen LogP contribution in [0.3, 0.4) is 0 Å². The molecular formula is C29H19F4N3O7S. The minimum absolute atomic E-state index is 0.0218. The number of hydrogen-bond donors (Lipinski definition) is 0. The molecular weight excluding hydrogens is 610 g/mol. The first-order valence-electron chi connectivity index (χ1n) is 12.5. The van der Waals surface area contributed by atoms with E-state index in [2.05, 4.69) is 15.0 Å². The SMILES string of the molecule is COc1c(OCc2ccc(C(=O)N=O)o2)cccc1C1SC(c2ccc(F)cc2)=NN1C(=O)c1ccc(OC(F)(F)F)cc1. The van der Waals surface area contributed by atoms with Gasteiger partial charge < -0.3 is 18.6 Å². The molecule has 1 aliphatic rings. The number of thioether (sulfide) groups is 1. The number of carbonyl (C=O) groups is 2. The quantitative estimate of drug-likeness (QED) is 0.143. The van der Waals surface area contributed by atoms with E-state index in [1.54, 1.807) is 18.2 Å². The number of ether oxygens (including phenoxy) is 3. The van der Waals surface area contributed by atoms with Gasteiger partial charge in [-0.2, -0.15) is 5.10 Å². The van der Waals surface area contributed by atoms with Crippen LogP contribution in [0.1, 0.15) is 43.2 Å². The number of nitrogens with zero attached hydrogens (tertiary/aromatic N) is 3. The van der Waals surface area contributed by atoms with Gasteiger partial charge in [0.25, 0.3) is 5.91 Å².